The van der Waals surface area contributed by atoms with Crippen LogP contribution in [0, 0.1) is 11.9 Å². The number of rotatable bonds is 7. The van der Waals surface area contributed by atoms with Crippen LogP contribution in [0.15, 0.2) is 170 Å². The number of hydrogen-bond acceptors (Lipinski definition) is 3. The molecule has 11 aromatic rings. The molecule has 3 heterocycles. The molecule has 3 aromatic heterocycles. The molecule has 8 aromatic carbocycles. The van der Waals surface area contributed by atoms with Gasteiger partial charge in [0.05, 0.1) is 27.6 Å². The van der Waals surface area contributed by atoms with Gasteiger partial charge in [-0.05, 0) is 121 Å². The fraction of sp³-hybridized carbons (Fsp3) is 0.270. The molecule has 0 fully saturated rings. The van der Waals surface area contributed by atoms with Crippen LogP contribution >= 0.6 is 0 Å². The number of nitrogens with zero attached hydrogens (tertiary/aromatic N) is 4. The average molecular weight is 1250 g/mol. The molecule has 11 rings (SSSR count). The van der Waals surface area contributed by atoms with E-state index in [1.807, 2.05) is 6.20 Å². The summed E-state index contributed by atoms with van der Waals surface area (Å²) in [5.41, 5.74) is 18.9. The van der Waals surface area contributed by atoms with E-state index < -0.39 is 5.82 Å². The number of hydrogen-bond donors (Lipinski definition) is 1. The molecule has 81 heavy (non-hydrogen) atoms. The Kier molecular flexibility index (Phi) is 14.4. The van der Waals surface area contributed by atoms with Crippen LogP contribution in [0.5, 0.6) is 5.75 Å². The molecule has 0 bridgehead atoms. The van der Waals surface area contributed by atoms with Crippen molar-refractivity contribution >= 4 is 32.8 Å². The van der Waals surface area contributed by atoms with Crippen molar-refractivity contribution in [2.75, 3.05) is 0 Å². The van der Waals surface area contributed by atoms with Crippen LogP contribution in [0.1, 0.15) is 132 Å². The zero-order valence-corrected chi connectivity index (χ0v) is 51.9. The summed E-state index contributed by atoms with van der Waals surface area (Å²) in [4.78, 5) is 10.8. The molecule has 414 valence electrons. The van der Waals surface area contributed by atoms with Gasteiger partial charge in [0.2, 0.25) is 0 Å². The molecule has 0 spiro atoms. The predicted molar refractivity (Wildman–Crippen MR) is 334 cm³/mol. The van der Waals surface area contributed by atoms with E-state index in [9.17, 15) is 5.11 Å². The minimum atomic E-state index is -0.524. The maximum absolute atomic E-state index is 15.1. The van der Waals surface area contributed by atoms with Crippen LogP contribution in [0.3, 0.4) is 0 Å². The first-order valence-corrected chi connectivity index (χ1v) is 28.1. The maximum Gasteiger partial charge on any atom is 0.148 e. The first kappa shape index (κ1) is 56.9. The third-order valence-corrected chi connectivity index (χ3v) is 15.9. The molecule has 0 saturated heterocycles. The van der Waals surface area contributed by atoms with E-state index in [1.165, 1.54) is 45.2 Å². The molecule has 7 heteroatoms. The van der Waals surface area contributed by atoms with Crippen molar-refractivity contribution in [3.63, 3.8) is 0 Å². The van der Waals surface area contributed by atoms with E-state index in [-0.39, 0.29) is 53.9 Å². The van der Waals surface area contributed by atoms with Gasteiger partial charge in [-0.15, -0.1) is 29.3 Å². The summed E-state index contributed by atoms with van der Waals surface area (Å²) in [5.74, 6) is -0.207. The number of aromatic nitrogens is 4. The van der Waals surface area contributed by atoms with Crippen LogP contribution in [-0.2, 0) is 48.1 Å². The van der Waals surface area contributed by atoms with Crippen LogP contribution in [0.2, 0.25) is 0 Å². The summed E-state index contributed by atoms with van der Waals surface area (Å²) in [5, 5.41) is 14.2. The number of pyridine rings is 1. The van der Waals surface area contributed by atoms with Crippen molar-refractivity contribution in [2.24, 2.45) is 0 Å². The van der Waals surface area contributed by atoms with Crippen molar-refractivity contribution in [3.05, 3.63) is 210 Å². The Balaban J connectivity index is 0.00000736. The largest absolute Gasteiger partial charge is 0.507 e. The molecule has 0 aliphatic heterocycles. The molecule has 1 N–H and O–H groups in total. The van der Waals surface area contributed by atoms with Gasteiger partial charge in [0, 0.05) is 66.7 Å². The van der Waals surface area contributed by atoms with Crippen LogP contribution in [-0.4, -0.2) is 24.2 Å². The van der Waals surface area contributed by atoms with Crippen molar-refractivity contribution in [1.29, 1.82) is 0 Å². The number of benzene rings is 8. The number of phenols is 1. The fourth-order valence-corrected chi connectivity index (χ4v) is 11.1. The zero-order chi connectivity index (χ0) is 57.0. The van der Waals surface area contributed by atoms with Gasteiger partial charge in [-0.25, -0.2) is 9.37 Å². The van der Waals surface area contributed by atoms with Crippen LogP contribution in [0.4, 0.5) is 4.39 Å². The summed E-state index contributed by atoms with van der Waals surface area (Å²) in [6, 6.07) is 61.3. The van der Waals surface area contributed by atoms with Crippen molar-refractivity contribution < 1.29 is 30.6 Å². The van der Waals surface area contributed by atoms with Gasteiger partial charge in [0.1, 0.15) is 17.4 Å². The van der Waals surface area contributed by atoms with Crippen molar-refractivity contribution in [3.8, 4) is 73.2 Å². The second kappa shape index (κ2) is 20.5. The molecular formula is C74H74FN4OPt-. The molecule has 0 amide bonds. The molecule has 0 unspecified atom stereocenters. The zero-order valence-electron chi connectivity index (χ0n) is 49.6. The Morgan fingerprint density at radius 2 is 0.988 bits per heavy atom. The summed E-state index contributed by atoms with van der Waals surface area (Å²) in [7, 11) is 0. The number of aromatic hydroxyl groups is 1. The van der Waals surface area contributed by atoms with E-state index in [0.717, 1.165) is 83.6 Å². The standard InChI is InChI=1S/C74H74FN4O.Pt/c1-70(2,3)50-35-48(32-49(36-50)63-38-45(30-31-76-63)58-25-21-26-60-59-24-19-20-27-64(59)78(68(58)60)56-22-17-16-18-23-56)62-37-47(46-33-51(71(4,5)6)40-52(34-46)72(7,8)9)39-65-67(62)77-69(61-29-28-55(75)44-66(61)80)79(65)57-42-53(73(10,11)12)41-54(43-57)74(13,14)15;/h16-31,33-44,80H,1-15H3;/q-1;. The van der Waals surface area contributed by atoms with Gasteiger partial charge in [0.15, 0.2) is 0 Å². The summed E-state index contributed by atoms with van der Waals surface area (Å²) < 4.78 is 19.6. The van der Waals surface area contributed by atoms with E-state index in [2.05, 4.69) is 265 Å². The van der Waals surface area contributed by atoms with Crippen LogP contribution < -0.4 is 0 Å². The first-order valence-electron chi connectivity index (χ1n) is 28.1. The molecule has 0 aliphatic carbocycles. The van der Waals surface area contributed by atoms with Gasteiger partial charge in [0.25, 0.3) is 0 Å². The third kappa shape index (κ3) is 10.9. The number of fused-ring (bicyclic) bond motifs is 4. The number of para-hydroxylation sites is 3. The first-order chi connectivity index (χ1) is 37.6. The Morgan fingerprint density at radius 3 is 1.60 bits per heavy atom. The number of imidazole rings is 1. The maximum atomic E-state index is 15.1. The van der Waals surface area contributed by atoms with Crippen molar-refractivity contribution in [1.82, 2.24) is 19.1 Å². The Bertz CT molecular complexity index is 4160. The van der Waals surface area contributed by atoms with Crippen molar-refractivity contribution in [2.45, 2.75) is 131 Å². The number of halogens is 1. The van der Waals surface area contributed by atoms with Crippen LogP contribution in [0.25, 0.3) is 100 Å². The van der Waals surface area contributed by atoms with E-state index in [4.69, 9.17) is 9.97 Å². The average Bonchev–Trinajstić information content (AvgIpc) is 4.09. The monoisotopic (exact) mass is 1250 g/mol. The topological polar surface area (TPSA) is 55.9 Å². The summed E-state index contributed by atoms with van der Waals surface area (Å²) in [6.07, 6.45) is 1.92. The molecule has 0 atom stereocenters. The normalized spacial score (nSPS) is 12.6. The van der Waals surface area contributed by atoms with Gasteiger partial charge in [-0.2, -0.15) is 0 Å². The summed E-state index contributed by atoms with van der Waals surface area (Å²) >= 11 is 0. The Morgan fingerprint density at radius 1 is 0.432 bits per heavy atom. The van der Waals surface area contributed by atoms with Gasteiger partial charge in [-0.1, -0.05) is 206 Å². The molecule has 0 saturated carbocycles. The second-order valence-electron chi connectivity index (χ2n) is 27.2. The van der Waals surface area contributed by atoms with Gasteiger partial charge in [-0.3, -0.25) is 9.55 Å². The molecule has 0 radical (unpaired) electrons. The predicted octanol–water partition coefficient (Wildman–Crippen LogP) is 20.0. The van der Waals surface area contributed by atoms with Gasteiger partial charge >= 0.3 is 0 Å². The molecular weight excluding hydrogens is 1170 g/mol. The second-order valence-corrected chi connectivity index (χ2v) is 27.2. The van der Waals surface area contributed by atoms with Gasteiger partial charge < -0.3 is 9.67 Å². The Hall–Kier alpha value is -7.40. The molecule has 0 aliphatic rings. The minimum Gasteiger partial charge on any atom is -0.507 e. The quantitative estimate of drug-likeness (QED) is 0.162. The smallest absolute Gasteiger partial charge is 0.148 e. The minimum absolute atomic E-state index is 0. The number of phenolic OH excluding ortho intramolecular Hbond substituents is 1. The molecule has 5 nitrogen and oxygen atoms in total. The van der Waals surface area contributed by atoms with E-state index >= 15 is 4.39 Å². The third-order valence-electron chi connectivity index (χ3n) is 15.9. The van der Waals surface area contributed by atoms with E-state index in [1.54, 1.807) is 6.07 Å². The Labute approximate surface area is 493 Å². The summed E-state index contributed by atoms with van der Waals surface area (Å²) in [6.45, 7) is 33.9. The SMILES string of the molecule is CC(C)(C)c1cc(-c2cc(-c3cccc4c5ccccc5n(-c5ccccc5)c34)ccn2)[c-]c(-c2cc(-c3cc(C(C)(C)C)cc(C(C)(C)C)c3)cc3c2nc(-c2ccc(F)cc2O)n3-c2cc(C(C)(C)C)cc(C(C)(C)C)c2)c1.[Pt]. The van der Waals surface area contributed by atoms with E-state index in [0.29, 0.717) is 11.4 Å². The fourth-order valence-electron chi connectivity index (χ4n) is 11.1.